The van der Waals surface area contributed by atoms with E-state index in [-0.39, 0.29) is 11.5 Å². The second-order valence-corrected chi connectivity index (χ2v) is 3.46. The number of hydrogen-bond donors (Lipinski definition) is 0. The van der Waals surface area contributed by atoms with Gasteiger partial charge in [0.25, 0.3) is 5.24 Å². The number of carbonyl (C=O) groups excluding carboxylic acids is 1. The van der Waals surface area contributed by atoms with Crippen LogP contribution in [-0.2, 0) is 14.3 Å². The summed E-state index contributed by atoms with van der Waals surface area (Å²) in [5.74, 6) is 0.276. The maximum Gasteiger partial charge on any atom is 0.291 e. The number of methoxy groups -OCH3 is 2. The molecule has 0 aromatic heterocycles. The van der Waals surface area contributed by atoms with E-state index >= 15 is 0 Å². The lowest BCUT2D eigenvalue weighted by Crippen LogP contribution is -2.02. The van der Waals surface area contributed by atoms with E-state index in [9.17, 15) is 4.79 Å². The molecule has 17 heavy (non-hydrogen) atoms. The van der Waals surface area contributed by atoms with Crippen LogP contribution < -0.4 is 0 Å². The van der Waals surface area contributed by atoms with Crippen molar-refractivity contribution in [1.29, 1.82) is 0 Å². The molecule has 0 bridgehead atoms. The highest BCUT2D eigenvalue weighted by Gasteiger charge is 2.12. The van der Waals surface area contributed by atoms with Gasteiger partial charge in [-0.05, 0) is 23.2 Å². The average molecular weight is 253 g/mol. The summed E-state index contributed by atoms with van der Waals surface area (Å²) in [4.78, 5) is 11.1. The van der Waals surface area contributed by atoms with Gasteiger partial charge in [-0.1, -0.05) is 36.4 Å². The predicted octanol–water partition coefficient (Wildman–Crippen LogP) is 2.97. The molecule has 0 fully saturated rings. The molecule has 0 amide bonds. The van der Waals surface area contributed by atoms with Gasteiger partial charge < -0.3 is 9.47 Å². The van der Waals surface area contributed by atoms with Crippen LogP contribution in [0.4, 0.5) is 0 Å². The third-order valence-electron chi connectivity index (χ3n) is 2.05. The first-order valence-electron chi connectivity index (χ1n) is 4.94. The third-order valence-corrected chi connectivity index (χ3v) is 2.22. The lowest BCUT2D eigenvalue weighted by Gasteiger charge is -2.06. The van der Waals surface area contributed by atoms with Gasteiger partial charge in [0.05, 0.1) is 14.2 Å². The summed E-state index contributed by atoms with van der Waals surface area (Å²) >= 11 is 5.36. The predicted molar refractivity (Wildman–Crippen MR) is 67.4 cm³/mol. The molecule has 0 N–H and O–H groups in total. The van der Waals surface area contributed by atoms with Crippen molar-refractivity contribution < 1.29 is 14.3 Å². The maximum absolute atomic E-state index is 11.1. The zero-order chi connectivity index (χ0) is 12.7. The summed E-state index contributed by atoms with van der Waals surface area (Å²) in [6.45, 7) is 0. The smallest absolute Gasteiger partial charge is 0.291 e. The molecule has 1 aromatic rings. The summed E-state index contributed by atoms with van der Waals surface area (Å²) in [6, 6.07) is 9.62. The first-order valence-corrected chi connectivity index (χ1v) is 5.32. The minimum atomic E-state index is -0.693. The molecule has 3 nitrogen and oxygen atoms in total. The van der Waals surface area contributed by atoms with Crippen molar-refractivity contribution in [2.75, 3.05) is 14.2 Å². The fourth-order valence-electron chi connectivity index (χ4n) is 1.25. The van der Waals surface area contributed by atoms with Crippen molar-refractivity contribution in [2.24, 2.45) is 0 Å². The van der Waals surface area contributed by atoms with Gasteiger partial charge in [-0.15, -0.1) is 0 Å². The molecule has 0 aliphatic rings. The molecule has 0 spiro atoms. The molecular weight excluding hydrogens is 240 g/mol. The van der Waals surface area contributed by atoms with Crippen LogP contribution in [0.3, 0.4) is 0 Å². The highest BCUT2D eigenvalue weighted by Crippen LogP contribution is 2.13. The van der Waals surface area contributed by atoms with Crippen LogP contribution in [0.25, 0.3) is 6.08 Å². The topological polar surface area (TPSA) is 35.5 Å². The highest BCUT2D eigenvalue weighted by atomic mass is 35.5. The lowest BCUT2D eigenvalue weighted by molar-refractivity contribution is -0.111. The average Bonchev–Trinajstić information content (AvgIpc) is 2.35. The van der Waals surface area contributed by atoms with Crippen LogP contribution in [0.15, 0.2) is 47.9 Å². The molecule has 0 heterocycles. The van der Waals surface area contributed by atoms with E-state index in [4.69, 9.17) is 21.1 Å². The van der Waals surface area contributed by atoms with Crippen LogP contribution in [0, 0.1) is 0 Å². The van der Waals surface area contributed by atoms with Crippen molar-refractivity contribution in [3.8, 4) is 0 Å². The van der Waals surface area contributed by atoms with Crippen molar-refractivity contribution >= 4 is 22.9 Å². The summed E-state index contributed by atoms with van der Waals surface area (Å²) in [5, 5.41) is -0.693. The zero-order valence-corrected chi connectivity index (χ0v) is 10.4. The number of rotatable bonds is 5. The summed E-state index contributed by atoms with van der Waals surface area (Å²) in [7, 11) is 2.81. The van der Waals surface area contributed by atoms with E-state index in [0.29, 0.717) is 0 Å². The van der Waals surface area contributed by atoms with E-state index in [1.807, 2.05) is 30.3 Å². The monoisotopic (exact) mass is 252 g/mol. The number of halogens is 1. The number of benzene rings is 1. The maximum atomic E-state index is 11.1. The normalized spacial score (nSPS) is 12.2. The Balaban J connectivity index is 2.97. The van der Waals surface area contributed by atoms with E-state index in [0.717, 1.165) is 5.56 Å². The molecule has 4 heteroatoms. The summed E-state index contributed by atoms with van der Waals surface area (Å²) < 4.78 is 9.92. The second-order valence-electron chi connectivity index (χ2n) is 3.12. The number of carbonyl (C=O) groups is 1. The standard InChI is InChI=1S/C13H13ClO3/c1-16-11(12(17-2)13(14)15)9-8-10-6-4-3-5-7-10/h3-9H,1-2H3. The Hall–Kier alpha value is -1.74. The van der Waals surface area contributed by atoms with Gasteiger partial charge in [-0.3, -0.25) is 4.79 Å². The van der Waals surface area contributed by atoms with Gasteiger partial charge >= 0.3 is 0 Å². The first-order chi connectivity index (χ1) is 8.19. The molecule has 1 rings (SSSR count). The molecule has 90 valence electrons. The largest absolute Gasteiger partial charge is 0.493 e. The highest BCUT2D eigenvalue weighted by molar-refractivity contribution is 6.67. The minimum absolute atomic E-state index is 0.0126. The first kappa shape index (κ1) is 13.3. The zero-order valence-electron chi connectivity index (χ0n) is 9.64. The van der Waals surface area contributed by atoms with Crippen LogP contribution in [0.5, 0.6) is 0 Å². The second kappa shape index (κ2) is 6.76. The SMILES string of the molecule is COC(C=Cc1ccccc1)=C(OC)C(=O)Cl. The van der Waals surface area contributed by atoms with Gasteiger partial charge in [0.1, 0.15) is 0 Å². The van der Waals surface area contributed by atoms with E-state index in [2.05, 4.69) is 0 Å². The Labute approximate surface area is 105 Å². The fraction of sp³-hybridized carbons (Fsp3) is 0.154. The van der Waals surface area contributed by atoms with Gasteiger partial charge in [-0.2, -0.15) is 0 Å². The van der Waals surface area contributed by atoms with Crippen molar-refractivity contribution in [2.45, 2.75) is 0 Å². The lowest BCUT2D eigenvalue weighted by atomic mass is 10.2. The number of ether oxygens (including phenoxy) is 2. The van der Waals surface area contributed by atoms with E-state index in [1.165, 1.54) is 14.2 Å². The quantitative estimate of drug-likeness (QED) is 0.350. The third kappa shape index (κ3) is 3.96. The Morgan fingerprint density at radius 1 is 1.18 bits per heavy atom. The molecular formula is C13H13ClO3. The van der Waals surface area contributed by atoms with Crippen LogP contribution in [0.2, 0.25) is 0 Å². The van der Waals surface area contributed by atoms with Crippen molar-refractivity contribution in [3.63, 3.8) is 0 Å². The minimum Gasteiger partial charge on any atom is -0.493 e. The van der Waals surface area contributed by atoms with Crippen LogP contribution >= 0.6 is 11.6 Å². The van der Waals surface area contributed by atoms with Crippen molar-refractivity contribution in [3.05, 3.63) is 53.5 Å². The Bertz CT molecular complexity index is 435. The van der Waals surface area contributed by atoms with Gasteiger partial charge in [-0.25, -0.2) is 0 Å². The summed E-state index contributed by atoms with van der Waals surface area (Å²) in [5.41, 5.74) is 0.986. The van der Waals surface area contributed by atoms with Gasteiger partial charge in [0.15, 0.2) is 5.76 Å². The van der Waals surface area contributed by atoms with Gasteiger partial charge in [0.2, 0.25) is 5.76 Å². The molecule has 0 radical (unpaired) electrons. The fourth-order valence-corrected chi connectivity index (χ4v) is 1.42. The van der Waals surface area contributed by atoms with Crippen LogP contribution in [-0.4, -0.2) is 19.5 Å². The molecule has 0 saturated heterocycles. The Morgan fingerprint density at radius 3 is 2.29 bits per heavy atom. The molecule has 0 aliphatic carbocycles. The molecule has 0 saturated carbocycles. The number of allylic oxidation sites excluding steroid dienone is 2. The van der Waals surface area contributed by atoms with E-state index < -0.39 is 5.24 Å². The molecule has 0 aliphatic heterocycles. The number of hydrogen-bond acceptors (Lipinski definition) is 3. The van der Waals surface area contributed by atoms with Crippen LogP contribution in [0.1, 0.15) is 5.56 Å². The van der Waals surface area contributed by atoms with E-state index in [1.54, 1.807) is 12.2 Å². The Morgan fingerprint density at radius 2 is 1.82 bits per heavy atom. The summed E-state index contributed by atoms with van der Waals surface area (Å²) in [6.07, 6.45) is 3.44. The molecule has 1 aromatic carbocycles. The Kier molecular flexibility index (Phi) is 5.30. The van der Waals surface area contributed by atoms with Gasteiger partial charge in [0, 0.05) is 0 Å². The molecule has 0 unspecified atom stereocenters. The van der Waals surface area contributed by atoms with Crippen molar-refractivity contribution in [1.82, 2.24) is 0 Å². The molecule has 0 atom stereocenters.